The molecule has 0 spiro atoms. The Morgan fingerprint density at radius 3 is 1.12 bits per heavy atom. The Morgan fingerprint density at radius 2 is 1.12 bits per heavy atom. The summed E-state index contributed by atoms with van der Waals surface area (Å²) in [5, 5.41) is 0. The van der Waals surface area contributed by atoms with E-state index in [9.17, 15) is 0 Å². The summed E-state index contributed by atoms with van der Waals surface area (Å²) in [6.07, 6.45) is 0. The second kappa shape index (κ2) is 8.12. The van der Waals surface area contributed by atoms with E-state index in [-0.39, 0.29) is 45.6 Å². The summed E-state index contributed by atoms with van der Waals surface area (Å²) in [6.45, 7) is 0. The molecule has 0 aromatic rings. The van der Waals surface area contributed by atoms with Gasteiger partial charge >= 0.3 is 40.1 Å². The minimum absolute atomic E-state index is 0. The average Bonchev–Trinajstić information content (AvgIpc) is 0.722. The van der Waals surface area contributed by atoms with E-state index in [4.69, 9.17) is 17.5 Å². The predicted molar refractivity (Wildman–Crippen MR) is 18.2 cm³/mol. The monoisotopic (exact) mass is 193 g/mol. The van der Waals surface area contributed by atoms with E-state index in [0.717, 1.165) is 0 Å². The second-order valence-corrected chi connectivity index (χ2v) is 1.22. The molecule has 0 amide bonds. The van der Waals surface area contributed by atoms with Crippen molar-refractivity contribution in [2.45, 2.75) is 0 Å². The molecule has 0 atom stereocenters. The van der Waals surface area contributed by atoms with Crippen LogP contribution in [0.1, 0.15) is 0 Å². The molecule has 0 aliphatic carbocycles. The van der Waals surface area contributed by atoms with Crippen LogP contribution < -0.4 is 0 Å². The van der Waals surface area contributed by atoms with Crippen molar-refractivity contribution in [3.63, 3.8) is 0 Å². The zero-order valence-corrected chi connectivity index (χ0v) is 6.88. The van der Waals surface area contributed by atoms with E-state index in [1.165, 1.54) is 0 Å². The van der Waals surface area contributed by atoms with Crippen LogP contribution >= 0.6 is 0 Å². The average molecular weight is 193 g/mol. The first-order chi connectivity index (χ1) is 2.00. The van der Waals surface area contributed by atoms with Crippen molar-refractivity contribution in [3.05, 3.63) is 0 Å². The van der Waals surface area contributed by atoms with Gasteiger partial charge in [0, 0.05) is 10.4 Å². The fraction of sp³-hybridized carbons (Fsp3) is 0. The van der Waals surface area contributed by atoms with Crippen LogP contribution in [-0.4, -0.2) is 46.1 Å². The fourth-order valence-electron chi connectivity index (χ4n) is 0. The Balaban J connectivity index is -0.0000000267. The van der Waals surface area contributed by atoms with Crippen molar-refractivity contribution in [2.24, 2.45) is 0 Å². The molecule has 8 heavy (non-hydrogen) atoms. The smallest absolute Gasteiger partial charge is 0.870 e. The third-order valence-corrected chi connectivity index (χ3v) is 0. The molecule has 0 fully saturated rings. The number of rotatable bonds is 0. The number of hydrogen-bond donors (Lipinski definition) is 0. The Hall–Kier alpha value is 1.12. The van der Waals surface area contributed by atoms with Crippen LogP contribution in [0.15, 0.2) is 0 Å². The van der Waals surface area contributed by atoms with E-state index in [1.807, 2.05) is 0 Å². The van der Waals surface area contributed by atoms with Gasteiger partial charge in [-0.25, -0.2) is 0 Å². The Bertz CT molecular complexity index is 95.6. The molecule has 0 saturated carbocycles. The zero-order chi connectivity index (χ0) is 4.50. The molecular weight excluding hydrogens is 192 g/mol. The molecule has 46 valence electrons. The maximum atomic E-state index is 8.52. The summed E-state index contributed by atoms with van der Waals surface area (Å²) in [5.74, 6) is 0. The van der Waals surface area contributed by atoms with Gasteiger partial charge in [0.15, 0.2) is 0 Å². The number of hydrogen-bond acceptors (Lipinski definition) is 5. The zero-order valence-electron chi connectivity index (χ0n) is 3.55. The molecule has 0 unspecified atom stereocenters. The molecular formula is HFeMgO5S+. The molecule has 0 heterocycles. The third kappa shape index (κ3) is 214. The van der Waals surface area contributed by atoms with Crippen molar-refractivity contribution in [1.82, 2.24) is 0 Å². The minimum atomic E-state index is -5.17. The molecule has 0 radical (unpaired) electrons. The van der Waals surface area contributed by atoms with Gasteiger partial charge in [-0.1, -0.05) is 0 Å². The van der Waals surface area contributed by atoms with Gasteiger partial charge in [0.1, 0.15) is 0 Å². The van der Waals surface area contributed by atoms with Gasteiger partial charge in [-0.2, -0.15) is 0 Å². The first kappa shape index (κ1) is 22.9. The first-order valence-corrected chi connectivity index (χ1v) is 2.00. The van der Waals surface area contributed by atoms with Crippen molar-refractivity contribution in [2.75, 3.05) is 0 Å². The maximum Gasteiger partial charge on any atom is 2.00 e. The quantitative estimate of drug-likeness (QED) is 0.253. The molecule has 0 aromatic carbocycles. The normalized spacial score (nSPS) is 7.25. The fourth-order valence-corrected chi connectivity index (χ4v) is 0. The minimum Gasteiger partial charge on any atom is -0.870 e. The molecule has 0 aliphatic heterocycles. The predicted octanol–water partition coefficient (Wildman–Crippen LogP) is -1.90. The van der Waals surface area contributed by atoms with E-state index in [1.54, 1.807) is 0 Å². The Kier molecular flexibility index (Phi) is 23.3. The standard InChI is InChI=1S/Fe.Mg.H2O4S.H2O/c;;1-5(2,3)4;/h;;(H2,1,2,3,4);1H2/q2*+2;;/p-3. The van der Waals surface area contributed by atoms with Crippen LogP contribution in [0.25, 0.3) is 0 Å². The van der Waals surface area contributed by atoms with E-state index in [0.29, 0.717) is 0 Å². The third-order valence-electron chi connectivity index (χ3n) is 0. The van der Waals surface area contributed by atoms with Gasteiger partial charge < -0.3 is 14.6 Å². The van der Waals surface area contributed by atoms with E-state index < -0.39 is 10.4 Å². The van der Waals surface area contributed by atoms with Crippen LogP contribution in [-0.2, 0) is 27.5 Å². The molecule has 0 bridgehead atoms. The van der Waals surface area contributed by atoms with Gasteiger partial charge in [-0.15, -0.1) is 0 Å². The van der Waals surface area contributed by atoms with Crippen molar-refractivity contribution in [3.8, 4) is 0 Å². The van der Waals surface area contributed by atoms with Gasteiger partial charge in [0.05, 0.1) is 0 Å². The Labute approximate surface area is 73.4 Å². The topological polar surface area (TPSA) is 110 Å². The molecule has 5 nitrogen and oxygen atoms in total. The van der Waals surface area contributed by atoms with E-state index >= 15 is 0 Å². The largest absolute Gasteiger partial charge is 2.00 e. The van der Waals surface area contributed by atoms with Crippen molar-refractivity contribution < 1.29 is 40.1 Å². The molecule has 0 aromatic heterocycles. The molecule has 8 heteroatoms. The SMILES string of the molecule is O=S(=O)([O-])[O-].[Fe+2].[Mg+2].[OH-]. The van der Waals surface area contributed by atoms with Gasteiger partial charge in [0.25, 0.3) is 0 Å². The van der Waals surface area contributed by atoms with Crippen LogP contribution in [0, 0.1) is 0 Å². The summed E-state index contributed by atoms with van der Waals surface area (Å²) in [4.78, 5) is 0. The molecule has 0 rings (SSSR count). The molecule has 1 N–H and O–H groups in total. The summed E-state index contributed by atoms with van der Waals surface area (Å²) >= 11 is 0. The second-order valence-electron chi connectivity index (χ2n) is 0.408. The van der Waals surface area contributed by atoms with Gasteiger partial charge in [-0.3, -0.25) is 8.42 Å². The van der Waals surface area contributed by atoms with Crippen LogP contribution in [0.3, 0.4) is 0 Å². The maximum absolute atomic E-state index is 8.52. The summed E-state index contributed by atoms with van der Waals surface area (Å²) in [7, 11) is -5.17. The Morgan fingerprint density at radius 1 is 1.12 bits per heavy atom. The molecule has 0 aliphatic rings. The van der Waals surface area contributed by atoms with Crippen molar-refractivity contribution >= 4 is 33.5 Å². The summed E-state index contributed by atoms with van der Waals surface area (Å²) in [5.41, 5.74) is 0. The van der Waals surface area contributed by atoms with Gasteiger partial charge in [0.2, 0.25) is 0 Å². The summed E-state index contributed by atoms with van der Waals surface area (Å²) < 4.78 is 34.1. The van der Waals surface area contributed by atoms with Crippen LogP contribution in [0.2, 0.25) is 0 Å². The van der Waals surface area contributed by atoms with Crippen LogP contribution in [0.4, 0.5) is 0 Å². The first-order valence-electron chi connectivity index (χ1n) is 0.667. The van der Waals surface area contributed by atoms with Crippen molar-refractivity contribution in [1.29, 1.82) is 0 Å². The summed E-state index contributed by atoms with van der Waals surface area (Å²) in [6, 6.07) is 0. The van der Waals surface area contributed by atoms with E-state index in [2.05, 4.69) is 0 Å². The van der Waals surface area contributed by atoms with Gasteiger partial charge in [-0.05, 0) is 0 Å². The van der Waals surface area contributed by atoms with Crippen LogP contribution in [0.5, 0.6) is 0 Å². The molecule has 0 saturated heterocycles.